The standard InChI is InChI=1S/C14H19N5O2/c1-10(2)14(20)17-11-9-13(18-5-7-21-8-6-18)19-12(16-11)3-4-15-19/h3-4,9-10H,5-8H2,1-2H3,(H,16,17,20). The molecule has 0 spiro atoms. The highest BCUT2D eigenvalue weighted by atomic mass is 16.5. The maximum absolute atomic E-state index is 11.9. The molecule has 0 saturated carbocycles. The highest BCUT2D eigenvalue weighted by Crippen LogP contribution is 2.21. The van der Waals surface area contributed by atoms with Crippen molar-refractivity contribution >= 4 is 23.2 Å². The lowest BCUT2D eigenvalue weighted by Gasteiger charge is -2.29. The Morgan fingerprint density at radius 1 is 1.38 bits per heavy atom. The largest absolute Gasteiger partial charge is 0.378 e. The molecule has 112 valence electrons. The van der Waals surface area contributed by atoms with Gasteiger partial charge in [0.05, 0.1) is 19.4 Å². The molecule has 2 aromatic heterocycles. The summed E-state index contributed by atoms with van der Waals surface area (Å²) >= 11 is 0. The topological polar surface area (TPSA) is 71.8 Å². The minimum absolute atomic E-state index is 0.0423. The van der Waals surface area contributed by atoms with Crippen LogP contribution in [0.4, 0.5) is 11.6 Å². The van der Waals surface area contributed by atoms with Gasteiger partial charge in [-0.05, 0) is 0 Å². The van der Waals surface area contributed by atoms with Crippen LogP contribution in [0.2, 0.25) is 0 Å². The summed E-state index contributed by atoms with van der Waals surface area (Å²) in [6, 6.07) is 3.70. The van der Waals surface area contributed by atoms with Crippen LogP contribution in [-0.2, 0) is 9.53 Å². The van der Waals surface area contributed by atoms with E-state index in [0.29, 0.717) is 19.0 Å². The van der Waals surface area contributed by atoms with Crippen LogP contribution < -0.4 is 10.2 Å². The quantitative estimate of drug-likeness (QED) is 0.918. The zero-order valence-electron chi connectivity index (χ0n) is 12.2. The first kappa shape index (κ1) is 13.8. The predicted molar refractivity (Wildman–Crippen MR) is 79.5 cm³/mol. The van der Waals surface area contributed by atoms with Gasteiger partial charge in [-0.15, -0.1) is 0 Å². The fourth-order valence-electron chi connectivity index (χ4n) is 2.25. The number of fused-ring (bicyclic) bond motifs is 1. The fourth-order valence-corrected chi connectivity index (χ4v) is 2.25. The van der Waals surface area contributed by atoms with Crippen LogP contribution in [0.15, 0.2) is 18.3 Å². The SMILES string of the molecule is CC(C)C(=O)Nc1cc(N2CCOCC2)n2nccc2n1. The zero-order chi connectivity index (χ0) is 14.8. The predicted octanol–water partition coefficient (Wildman–Crippen LogP) is 1.16. The van der Waals surface area contributed by atoms with Crippen molar-refractivity contribution in [1.29, 1.82) is 0 Å². The lowest BCUT2D eigenvalue weighted by atomic mass is 10.2. The molecule has 0 aliphatic carbocycles. The van der Waals surface area contributed by atoms with E-state index >= 15 is 0 Å². The number of aromatic nitrogens is 3. The Morgan fingerprint density at radius 3 is 2.86 bits per heavy atom. The van der Waals surface area contributed by atoms with Crippen molar-refractivity contribution in [2.45, 2.75) is 13.8 Å². The summed E-state index contributed by atoms with van der Waals surface area (Å²) in [5, 5.41) is 7.16. The van der Waals surface area contributed by atoms with E-state index in [-0.39, 0.29) is 11.8 Å². The van der Waals surface area contributed by atoms with Crippen LogP contribution in [0.5, 0.6) is 0 Å². The second-order valence-corrected chi connectivity index (χ2v) is 5.34. The smallest absolute Gasteiger partial charge is 0.228 e. The van der Waals surface area contributed by atoms with Crippen molar-refractivity contribution in [2.24, 2.45) is 5.92 Å². The third-order valence-corrected chi connectivity index (χ3v) is 3.45. The van der Waals surface area contributed by atoms with Gasteiger partial charge in [-0.25, -0.2) is 4.98 Å². The van der Waals surface area contributed by atoms with E-state index in [1.165, 1.54) is 0 Å². The normalized spacial score (nSPS) is 15.7. The first-order valence-corrected chi connectivity index (χ1v) is 7.13. The molecule has 1 aliphatic rings. The number of nitrogens with zero attached hydrogens (tertiary/aromatic N) is 4. The molecule has 1 N–H and O–H groups in total. The molecule has 0 aromatic carbocycles. The van der Waals surface area contributed by atoms with Crippen molar-refractivity contribution < 1.29 is 9.53 Å². The number of amides is 1. The van der Waals surface area contributed by atoms with Gasteiger partial charge in [0, 0.05) is 31.1 Å². The molecule has 3 heterocycles. The number of morpholine rings is 1. The molecule has 1 amide bonds. The zero-order valence-corrected chi connectivity index (χ0v) is 12.2. The Morgan fingerprint density at radius 2 is 2.14 bits per heavy atom. The maximum atomic E-state index is 11.9. The average Bonchev–Trinajstić information content (AvgIpc) is 2.95. The number of anilines is 2. The van der Waals surface area contributed by atoms with E-state index in [0.717, 1.165) is 24.6 Å². The first-order chi connectivity index (χ1) is 10.1. The van der Waals surface area contributed by atoms with Crippen LogP contribution in [0.1, 0.15) is 13.8 Å². The number of nitrogens with one attached hydrogen (secondary N) is 1. The minimum atomic E-state index is -0.0835. The number of carbonyl (C=O) groups excluding carboxylic acids is 1. The summed E-state index contributed by atoms with van der Waals surface area (Å²) in [7, 11) is 0. The Balaban J connectivity index is 1.97. The fraction of sp³-hybridized carbons (Fsp3) is 0.500. The molecule has 0 bridgehead atoms. The van der Waals surface area contributed by atoms with Crippen LogP contribution in [0.3, 0.4) is 0 Å². The van der Waals surface area contributed by atoms with Crippen LogP contribution in [-0.4, -0.2) is 46.8 Å². The molecule has 7 nitrogen and oxygen atoms in total. The lowest BCUT2D eigenvalue weighted by molar-refractivity contribution is -0.118. The Bertz CT molecular complexity index is 646. The summed E-state index contributed by atoms with van der Waals surface area (Å²) in [6.45, 7) is 6.70. The summed E-state index contributed by atoms with van der Waals surface area (Å²) in [6.07, 6.45) is 1.71. The summed E-state index contributed by atoms with van der Waals surface area (Å²) < 4.78 is 7.17. The molecule has 3 rings (SSSR count). The number of hydrogen-bond donors (Lipinski definition) is 1. The number of carbonyl (C=O) groups is 1. The van der Waals surface area contributed by atoms with Gasteiger partial charge in [0.15, 0.2) is 5.65 Å². The van der Waals surface area contributed by atoms with E-state index in [9.17, 15) is 4.79 Å². The Kier molecular flexibility index (Phi) is 3.74. The highest BCUT2D eigenvalue weighted by molar-refractivity contribution is 5.91. The van der Waals surface area contributed by atoms with Crippen molar-refractivity contribution in [3.8, 4) is 0 Å². The molecule has 1 saturated heterocycles. The van der Waals surface area contributed by atoms with Gasteiger partial charge in [0.2, 0.25) is 5.91 Å². The molecule has 1 fully saturated rings. The molecular weight excluding hydrogens is 270 g/mol. The Hall–Kier alpha value is -2.15. The lowest BCUT2D eigenvalue weighted by Crippen LogP contribution is -2.37. The molecule has 1 aliphatic heterocycles. The second-order valence-electron chi connectivity index (χ2n) is 5.34. The van der Waals surface area contributed by atoms with Crippen molar-refractivity contribution in [3.63, 3.8) is 0 Å². The highest BCUT2D eigenvalue weighted by Gasteiger charge is 2.17. The van der Waals surface area contributed by atoms with Crippen LogP contribution in [0.25, 0.3) is 5.65 Å². The molecule has 0 radical (unpaired) electrons. The van der Waals surface area contributed by atoms with Crippen molar-refractivity contribution in [2.75, 3.05) is 36.5 Å². The van der Waals surface area contributed by atoms with Gasteiger partial charge < -0.3 is 15.0 Å². The van der Waals surface area contributed by atoms with Gasteiger partial charge >= 0.3 is 0 Å². The number of ether oxygens (including phenoxy) is 1. The second kappa shape index (κ2) is 5.69. The van der Waals surface area contributed by atoms with E-state index in [4.69, 9.17) is 4.74 Å². The first-order valence-electron chi connectivity index (χ1n) is 7.13. The molecule has 2 aromatic rings. The summed E-state index contributed by atoms with van der Waals surface area (Å²) in [5.74, 6) is 1.36. The van der Waals surface area contributed by atoms with Gasteiger partial charge in [0.1, 0.15) is 11.6 Å². The molecular formula is C14H19N5O2. The van der Waals surface area contributed by atoms with Gasteiger partial charge in [-0.1, -0.05) is 13.8 Å². The van der Waals surface area contributed by atoms with Crippen LogP contribution >= 0.6 is 0 Å². The van der Waals surface area contributed by atoms with Gasteiger partial charge in [-0.3, -0.25) is 4.79 Å². The maximum Gasteiger partial charge on any atom is 0.228 e. The van der Waals surface area contributed by atoms with E-state index < -0.39 is 0 Å². The third kappa shape index (κ3) is 2.82. The van der Waals surface area contributed by atoms with Crippen molar-refractivity contribution in [3.05, 3.63) is 18.3 Å². The van der Waals surface area contributed by atoms with Gasteiger partial charge in [0.25, 0.3) is 0 Å². The number of rotatable bonds is 3. The molecule has 0 atom stereocenters. The third-order valence-electron chi connectivity index (χ3n) is 3.45. The minimum Gasteiger partial charge on any atom is -0.378 e. The van der Waals surface area contributed by atoms with E-state index in [2.05, 4.69) is 20.3 Å². The van der Waals surface area contributed by atoms with Gasteiger partial charge in [-0.2, -0.15) is 9.61 Å². The number of hydrogen-bond acceptors (Lipinski definition) is 5. The Labute approximate surface area is 122 Å². The summed E-state index contributed by atoms with van der Waals surface area (Å²) in [5.41, 5.74) is 0.720. The van der Waals surface area contributed by atoms with Crippen molar-refractivity contribution in [1.82, 2.24) is 14.6 Å². The average molecular weight is 289 g/mol. The van der Waals surface area contributed by atoms with Crippen LogP contribution in [0, 0.1) is 5.92 Å². The van der Waals surface area contributed by atoms with E-state index in [1.807, 2.05) is 26.0 Å². The molecule has 7 heteroatoms. The molecule has 21 heavy (non-hydrogen) atoms. The molecule has 0 unspecified atom stereocenters. The summed E-state index contributed by atoms with van der Waals surface area (Å²) in [4.78, 5) is 18.5. The van der Waals surface area contributed by atoms with E-state index in [1.54, 1.807) is 10.7 Å². The monoisotopic (exact) mass is 289 g/mol.